The normalized spacial score (nSPS) is 13.6. The van der Waals surface area contributed by atoms with Crippen LogP contribution in [0.4, 0.5) is 28.4 Å². The van der Waals surface area contributed by atoms with Crippen molar-refractivity contribution in [1.29, 1.82) is 5.26 Å². The highest BCUT2D eigenvalue weighted by atomic mass is 32.2. The zero-order valence-electron chi connectivity index (χ0n) is 51.0. The second-order valence-corrected chi connectivity index (χ2v) is 25.9. The largest absolute Gasteiger partial charge is 0.493 e. The molecule has 18 nitrogen and oxygen atoms in total. The van der Waals surface area contributed by atoms with Crippen LogP contribution in [0.5, 0.6) is 11.8 Å². The highest BCUT2D eigenvalue weighted by Crippen LogP contribution is 2.39. The predicted octanol–water partition coefficient (Wildman–Crippen LogP) is 16.1. The molecule has 0 amide bonds. The highest BCUT2D eigenvalue weighted by Gasteiger charge is 2.31. The zero-order valence-corrected chi connectivity index (χ0v) is 52.6. The first-order valence-electron chi connectivity index (χ1n) is 30.1. The number of benzene rings is 3. The first-order chi connectivity index (χ1) is 40.2. The van der Waals surface area contributed by atoms with E-state index in [0.717, 1.165) is 112 Å². The van der Waals surface area contributed by atoms with Gasteiger partial charge in [0.25, 0.3) is 16.8 Å². The summed E-state index contributed by atoms with van der Waals surface area (Å²) in [4.78, 5) is 31.4. The molecule has 0 radical (unpaired) electrons. The molecule has 2 aromatic heterocycles. The maximum Gasteiger partial charge on any atom is 0.276 e. The van der Waals surface area contributed by atoms with Gasteiger partial charge in [-0.2, -0.15) is 24.1 Å². The van der Waals surface area contributed by atoms with Crippen LogP contribution in [0, 0.1) is 55.4 Å². The molecule has 0 aliphatic heterocycles. The average Bonchev–Trinajstić information content (AvgIpc) is 3.04. The molecule has 4 atom stereocenters. The van der Waals surface area contributed by atoms with Gasteiger partial charge in [0.1, 0.15) is 17.3 Å². The Morgan fingerprint density at radius 3 is 1.14 bits per heavy atom. The molecular weight excluding hydrogens is 1100 g/mol. The van der Waals surface area contributed by atoms with Gasteiger partial charge in [-0.15, -0.1) is 10.2 Å². The van der Waals surface area contributed by atoms with Crippen LogP contribution in [0.15, 0.2) is 113 Å². The lowest BCUT2D eigenvalue weighted by Crippen LogP contribution is -2.39. The van der Waals surface area contributed by atoms with E-state index in [0.29, 0.717) is 26.2 Å². The maximum absolute atomic E-state index is 14.4. The number of nitriles is 1. The lowest BCUT2D eigenvalue weighted by atomic mass is 9.97. The fourth-order valence-electron chi connectivity index (χ4n) is 10.5. The molecule has 5 rings (SSSR count). The van der Waals surface area contributed by atoms with E-state index in [2.05, 4.69) is 80.7 Å². The monoisotopic (exact) mass is 1190 g/mol. The maximum atomic E-state index is 14.4. The first-order valence-corrected chi connectivity index (χ1v) is 33.0. The Morgan fingerprint density at radius 2 is 0.845 bits per heavy atom. The fourth-order valence-corrected chi connectivity index (χ4v) is 13.7. The van der Waals surface area contributed by atoms with Crippen molar-refractivity contribution in [2.75, 3.05) is 26.2 Å². The highest BCUT2D eigenvalue weighted by molar-refractivity contribution is 7.89. The van der Waals surface area contributed by atoms with E-state index in [1.807, 2.05) is 6.07 Å². The number of aromatic hydroxyl groups is 2. The lowest BCUT2D eigenvalue weighted by Gasteiger charge is -2.30. The Hall–Kier alpha value is -6.84. The van der Waals surface area contributed by atoms with Crippen molar-refractivity contribution in [3.63, 3.8) is 0 Å². The van der Waals surface area contributed by atoms with Crippen LogP contribution in [0.25, 0.3) is 16.2 Å². The minimum absolute atomic E-state index is 0.0372. The van der Waals surface area contributed by atoms with Crippen molar-refractivity contribution < 1.29 is 27.0 Å². The van der Waals surface area contributed by atoms with Gasteiger partial charge in [-0.3, -0.25) is 14.2 Å². The van der Waals surface area contributed by atoms with Gasteiger partial charge in [0.2, 0.25) is 31.8 Å². The summed E-state index contributed by atoms with van der Waals surface area (Å²) in [5.74, 6) is -0.442. The molecule has 4 unspecified atom stereocenters. The third kappa shape index (κ3) is 16.7. The van der Waals surface area contributed by atoms with Crippen LogP contribution in [0.3, 0.4) is 0 Å². The van der Waals surface area contributed by atoms with Gasteiger partial charge < -0.3 is 10.2 Å². The molecule has 0 saturated carbocycles. The molecule has 20 heteroatoms. The Balaban J connectivity index is 1.46. The number of hydrogen-bond acceptors (Lipinski definition) is 13. The van der Waals surface area contributed by atoms with Crippen molar-refractivity contribution in [1.82, 2.24) is 17.7 Å². The smallest absolute Gasteiger partial charge is 0.276 e. The number of aromatic nitrogens is 2. The Kier molecular flexibility index (Phi) is 26.2. The van der Waals surface area contributed by atoms with Gasteiger partial charge in [-0.05, 0) is 142 Å². The van der Waals surface area contributed by atoms with E-state index in [1.165, 1.54) is 86.6 Å². The van der Waals surface area contributed by atoms with Crippen LogP contribution in [-0.2, 0) is 20.0 Å². The molecule has 5 aromatic rings. The number of hydrogen-bond donors (Lipinski definition) is 2. The van der Waals surface area contributed by atoms with Crippen molar-refractivity contribution >= 4 is 48.5 Å². The van der Waals surface area contributed by atoms with E-state index in [-0.39, 0.29) is 90.0 Å². The van der Waals surface area contributed by atoms with Crippen LogP contribution in [-0.4, -0.2) is 71.0 Å². The molecule has 2 N–H and O–H groups in total. The van der Waals surface area contributed by atoms with Gasteiger partial charge in [-0.1, -0.05) is 132 Å². The second kappa shape index (κ2) is 32.4. The topological polar surface area (TPSA) is 237 Å². The summed E-state index contributed by atoms with van der Waals surface area (Å²) in [5, 5.41) is 50.8. The Labute approximate surface area is 498 Å². The molecule has 0 aliphatic carbocycles. The molecule has 84 heavy (non-hydrogen) atoms. The molecule has 454 valence electrons. The van der Waals surface area contributed by atoms with Gasteiger partial charge in [0.15, 0.2) is 5.69 Å². The number of unbranched alkanes of at least 4 members (excludes halogenated alkanes) is 4. The summed E-state index contributed by atoms with van der Waals surface area (Å²) < 4.78 is 62.4. The number of rotatable bonds is 34. The van der Waals surface area contributed by atoms with Crippen molar-refractivity contribution in [2.45, 2.75) is 182 Å². The summed E-state index contributed by atoms with van der Waals surface area (Å²) in [6, 6.07) is 19.3. The van der Waals surface area contributed by atoms with Crippen molar-refractivity contribution in [3.05, 3.63) is 122 Å². The molecule has 0 bridgehead atoms. The van der Waals surface area contributed by atoms with Gasteiger partial charge in [0, 0.05) is 31.7 Å². The molecule has 0 saturated heterocycles. The van der Waals surface area contributed by atoms with E-state index in [1.54, 1.807) is 8.61 Å². The summed E-state index contributed by atoms with van der Waals surface area (Å²) in [6.45, 7) is 29.4. The third-order valence-electron chi connectivity index (χ3n) is 16.2. The molecule has 0 aliphatic rings. The molecule has 3 aromatic carbocycles. The molecular formula is C64H88N10O8S2. The summed E-state index contributed by atoms with van der Waals surface area (Å²) in [7, 11) is -7.79. The SMILES string of the molecule is [C-]#[N+]c1c(C)c(N=Nc2ccc(S(=O)(=O)N(CC(CC)CCCC)CC(CC)CCCC)cc2)c(O)n(-c2ccc(-n3c(O)c(N=Nc4ccc(S(=O)(=O)N(CC(CC)CCCC)CC(CC)CCCC)cc4)c(C)c(C#N)c3=O)cc2)c1=O. The van der Waals surface area contributed by atoms with Gasteiger partial charge in [0.05, 0.1) is 39.1 Å². The van der Waals surface area contributed by atoms with E-state index in [9.17, 15) is 41.9 Å². The predicted molar refractivity (Wildman–Crippen MR) is 333 cm³/mol. The fraction of sp³-hybridized carbons (Fsp3) is 0.531. The van der Waals surface area contributed by atoms with Crippen LogP contribution in [0.2, 0.25) is 0 Å². The lowest BCUT2D eigenvalue weighted by molar-refractivity contribution is 0.270. The number of nitrogens with zero attached hydrogens (tertiary/aromatic N) is 10. The minimum atomic E-state index is -3.90. The number of sulfonamides is 2. The van der Waals surface area contributed by atoms with Crippen molar-refractivity contribution in [2.24, 2.45) is 44.1 Å². The summed E-state index contributed by atoms with van der Waals surface area (Å²) >= 11 is 0. The molecule has 2 heterocycles. The van der Waals surface area contributed by atoms with Crippen LogP contribution < -0.4 is 11.1 Å². The minimum Gasteiger partial charge on any atom is -0.493 e. The van der Waals surface area contributed by atoms with Gasteiger partial charge >= 0.3 is 0 Å². The van der Waals surface area contributed by atoms with Gasteiger partial charge in [-0.25, -0.2) is 26.2 Å². The molecule has 0 fully saturated rings. The van der Waals surface area contributed by atoms with E-state index >= 15 is 0 Å². The average molecular weight is 1190 g/mol. The van der Waals surface area contributed by atoms with E-state index in [4.69, 9.17) is 6.57 Å². The summed E-state index contributed by atoms with van der Waals surface area (Å²) in [6.07, 6.45) is 15.4. The number of azo groups is 2. The number of pyridine rings is 2. The quantitative estimate of drug-likeness (QED) is 0.0294. The van der Waals surface area contributed by atoms with E-state index < -0.39 is 42.9 Å². The third-order valence-corrected chi connectivity index (χ3v) is 19.9. The summed E-state index contributed by atoms with van der Waals surface area (Å²) in [5.41, 5.74) is -2.20. The first kappa shape index (κ1) is 67.9. The standard InChI is InChI=1S/C64H88N10O8S2/c1-12-20-24-47(16-5)41-71(42-48(17-6)25-21-13-2)83(79,80)55-36-28-51(29-37-55)67-69-59-45(9)57(40-65)61(75)73(63(59)77)53-32-34-54(35-33-53)74-62(76)58(66-11)46(10)60(64(74)78)70-68-52-30-38-56(39-31-52)84(81,82)72(43-49(18-7)26-22-14-3)44-50(19-8)27-23-15-4/h28-39,47-50,77-78H,12-27,41-44H2,1-10H3. The second-order valence-electron chi connectivity index (χ2n) is 22.0. The molecule has 0 spiro atoms. The Bertz CT molecular complexity index is 3210. The van der Waals surface area contributed by atoms with Crippen molar-refractivity contribution in [3.8, 4) is 29.2 Å². The van der Waals surface area contributed by atoms with Crippen LogP contribution in [0.1, 0.15) is 175 Å². The Morgan fingerprint density at radius 1 is 0.524 bits per heavy atom. The zero-order chi connectivity index (χ0) is 61.7. The van der Waals surface area contributed by atoms with Crippen LogP contribution >= 0.6 is 0 Å².